The van der Waals surface area contributed by atoms with Crippen molar-refractivity contribution >= 4 is 47.0 Å². The number of carbonyl (C=O) groups excluding carboxylic acids is 2. The zero-order valence-corrected chi connectivity index (χ0v) is 17.1. The summed E-state index contributed by atoms with van der Waals surface area (Å²) >= 11 is 11.8. The molecule has 8 nitrogen and oxygen atoms in total. The van der Waals surface area contributed by atoms with Crippen LogP contribution in [0.25, 0.3) is 0 Å². The van der Waals surface area contributed by atoms with E-state index in [-0.39, 0.29) is 27.6 Å². The van der Waals surface area contributed by atoms with E-state index >= 15 is 0 Å². The molecule has 0 saturated heterocycles. The molecule has 156 valence electrons. The lowest BCUT2D eigenvalue weighted by molar-refractivity contribution is -0.384. The summed E-state index contributed by atoms with van der Waals surface area (Å²) in [5.74, 6) is -1.27. The zero-order valence-electron chi connectivity index (χ0n) is 15.6. The molecule has 3 aromatic carbocycles. The number of benzene rings is 3. The molecule has 0 saturated carbocycles. The highest BCUT2D eigenvalue weighted by molar-refractivity contribution is 6.33. The highest BCUT2D eigenvalue weighted by Gasteiger charge is 2.17. The van der Waals surface area contributed by atoms with Crippen LogP contribution in [0, 0.1) is 10.1 Å². The standard InChI is InChI=1S/C21H13Cl2N3O5/c22-15-7-5-13(6-8-15)20(27)25-24-12-14-11-16(26(29)30)9-10-19(14)31-21(28)17-3-1-2-4-18(17)23/h1-12H,(H,25,27)/b24-12+. The van der Waals surface area contributed by atoms with E-state index in [1.165, 1.54) is 36.4 Å². The molecular weight excluding hydrogens is 445 g/mol. The van der Waals surface area contributed by atoms with Gasteiger partial charge in [0.15, 0.2) is 0 Å². The lowest BCUT2D eigenvalue weighted by Crippen LogP contribution is -2.17. The van der Waals surface area contributed by atoms with E-state index in [1.807, 2.05) is 0 Å². The number of hydrogen-bond acceptors (Lipinski definition) is 6. The van der Waals surface area contributed by atoms with Crippen molar-refractivity contribution in [2.45, 2.75) is 0 Å². The summed E-state index contributed by atoms with van der Waals surface area (Å²) in [7, 11) is 0. The normalized spacial score (nSPS) is 10.6. The molecule has 0 unspecified atom stereocenters. The summed E-state index contributed by atoms with van der Waals surface area (Å²) in [6.07, 6.45) is 1.13. The van der Waals surface area contributed by atoms with Crippen molar-refractivity contribution in [3.8, 4) is 5.75 Å². The number of amides is 1. The maximum Gasteiger partial charge on any atom is 0.345 e. The van der Waals surface area contributed by atoms with Gasteiger partial charge in [-0.15, -0.1) is 0 Å². The third kappa shape index (κ3) is 5.65. The second kappa shape index (κ2) is 9.84. The molecule has 1 N–H and O–H groups in total. The molecule has 1 amide bonds. The second-order valence-electron chi connectivity index (χ2n) is 6.05. The lowest BCUT2D eigenvalue weighted by atomic mass is 10.2. The summed E-state index contributed by atoms with van der Waals surface area (Å²) < 4.78 is 5.34. The van der Waals surface area contributed by atoms with Crippen LogP contribution in [0.4, 0.5) is 5.69 Å². The fourth-order valence-electron chi connectivity index (χ4n) is 2.45. The van der Waals surface area contributed by atoms with Crippen molar-refractivity contribution < 1.29 is 19.2 Å². The van der Waals surface area contributed by atoms with E-state index in [0.29, 0.717) is 10.6 Å². The maximum absolute atomic E-state index is 12.4. The largest absolute Gasteiger partial charge is 0.422 e. The van der Waals surface area contributed by atoms with Crippen molar-refractivity contribution in [2.24, 2.45) is 5.10 Å². The van der Waals surface area contributed by atoms with Crippen molar-refractivity contribution in [1.29, 1.82) is 0 Å². The number of hydrazone groups is 1. The Kier molecular flexibility index (Phi) is 6.96. The fraction of sp³-hybridized carbons (Fsp3) is 0. The molecule has 0 radical (unpaired) electrons. The molecule has 0 bridgehead atoms. The highest BCUT2D eigenvalue weighted by atomic mass is 35.5. The Labute approximate surface area is 186 Å². The van der Waals surface area contributed by atoms with Gasteiger partial charge in [0.1, 0.15) is 5.75 Å². The van der Waals surface area contributed by atoms with E-state index in [1.54, 1.807) is 24.3 Å². The number of nitrogens with one attached hydrogen (secondary N) is 1. The van der Waals surface area contributed by atoms with Crippen LogP contribution in [-0.2, 0) is 0 Å². The molecule has 0 heterocycles. The Morgan fingerprint density at radius 2 is 1.74 bits per heavy atom. The minimum Gasteiger partial charge on any atom is -0.422 e. The van der Waals surface area contributed by atoms with Gasteiger partial charge in [0.2, 0.25) is 0 Å². The van der Waals surface area contributed by atoms with Gasteiger partial charge in [-0.25, -0.2) is 10.2 Å². The smallest absolute Gasteiger partial charge is 0.345 e. The van der Waals surface area contributed by atoms with Gasteiger partial charge in [-0.2, -0.15) is 5.10 Å². The first-order valence-electron chi connectivity index (χ1n) is 8.69. The number of nitrogens with zero attached hydrogens (tertiary/aromatic N) is 2. The predicted octanol–water partition coefficient (Wildman–Crippen LogP) is 4.88. The zero-order chi connectivity index (χ0) is 22.4. The van der Waals surface area contributed by atoms with Gasteiger partial charge in [-0.1, -0.05) is 35.3 Å². The van der Waals surface area contributed by atoms with Crippen LogP contribution >= 0.6 is 23.2 Å². The highest BCUT2D eigenvalue weighted by Crippen LogP contribution is 2.25. The number of nitro groups is 1. The van der Waals surface area contributed by atoms with Crippen LogP contribution in [-0.4, -0.2) is 23.0 Å². The third-order valence-electron chi connectivity index (χ3n) is 3.98. The lowest BCUT2D eigenvalue weighted by Gasteiger charge is -2.08. The first kappa shape index (κ1) is 21.9. The molecule has 3 rings (SSSR count). The van der Waals surface area contributed by atoms with Crippen LogP contribution in [0.2, 0.25) is 10.0 Å². The number of halogens is 2. The van der Waals surface area contributed by atoms with Gasteiger partial charge in [0, 0.05) is 28.3 Å². The molecule has 0 atom stereocenters. The Morgan fingerprint density at radius 3 is 2.42 bits per heavy atom. The molecule has 10 heteroatoms. The fourth-order valence-corrected chi connectivity index (χ4v) is 2.79. The van der Waals surface area contributed by atoms with Gasteiger partial charge in [-0.05, 0) is 42.5 Å². The van der Waals surface area contributed by atoms with Crippen molar-refractivity contribution in [3.63, 3.8) is 0 Å². The SMILES string of the molecule is O=C(N/N=C/c1cc([N+](=O)[O-])ccc1OC(=O)c1ccccc1Cl)c1ccc(Cl)cc1. The number of ether oxygens (including phenoxy) is 1. The van der Waals surface area contributed by atoms with E-state index in [0.717, 1.165) is 12.3 Å². The second-order valence-corrected chi connectivity index (χ2v) is 6.90. The first-order valence-corrected chi connectivity index (χ1v) is 9.45. The molecular formula is C21H13Cl2N3O5. The Hall–Kier alpha value is -3.75. The molecule has 0 aliphatic carbocycles. The first-order chi connectivity index (χ1) is 14.8. The molecule has 0 aromatic heterocycles. The van der Waals surface area contributed by atoms with Crippen LogP contribution in [0.5, 0.6) is 5.75 Å². The number of rotatable bonds is 6. The molecule has 0 fully saturated rings. The van der Waals surface area contributed by atoms with Crippen LogP contribution < -0.4 is 10.2 Å². The molecule has 0 aliphatic heterocycles. The van der Waals surface area contributed by atoms with E-state index in [4.69, 9.17) is 27.9 Å². The number of nitro benzene ring substituents is 1. The van der Waals surface area contributed by atoms with Gasteiger partial charge in [-0.3, -0.25) is 14.9 Å². The van der Waals surface area contributed by atoms with Crippen LogP contribution in [0.3, 0.4) is 0 Å². The summed E-state index contributed by atoms with van der Waals surface area (Å²) in [5.41, 5.74) is 2.59. The van der Waals surface area contributed by atoms with Crippen LogP contribution in [0.15, 0.2) is 71.8 Å². The van der Waals surface area contributed by atoms with Gasteiger partial charge >= 0.3 is 5.97 Å². The Bertz CT molecular complexity index is 1180. The summed E-state index contributed by atoms with van der Waals surface area (Å²) in [6, 6.07) is 16.0. The third-order valence-corrected chi connectivity index (χ3v) is 4.56. The Balaban J connectivity index is 1.82. The van der Waals surface area contributed by atoms with E-state index in [2.05, 4.69) is 10.5 Å². The van der Waals surface area contributed by atoms with E-state index < -0.39 is 16.8 Å². The summed E-state index contributed by atoms with van der Waals surface area (Å²) in [4.78, 5) is 35.1. The average Bonchev–Trinajstić information content (AvgIpc) is 2.75. The van der Waals surface area contributed by atoms with Crippen molar-refractivity contribution in [3.05, 3.63) is 104 Å². The molecule has 3 aromatic rings. The molecule has 0 aliphatic rings. The number of non-ortho nitro benzene ring substituents is 1. The number of carbonyl (C=O) groups is 2. The quantitative estimate of drug-likeness (QED) is 0.186. The molecule has 31 heavy (non-hydrogen) atoms. The van der Waals surface area contributed by atoms with Crippen molar-refractivity contribution in [2.75, 3.05) is 0 Å². The number of esters is 1. The monoisotopic (exact) mass is 457 g/mol. The van der Waals surface area contributed by atoms with Gasteiger partial charge < -0.3 is 4.74 Å². The van der Waals surface area contributed by atoms with Crippen molar-refractivity contribution in [1.82, 2.24) is 5.43 Å². The van der Waals surface area contributed by atoms with E-state index in [9.17, 15) is 19.7 Å². The summed E-state index contributed by atoms with van der Waals surface area (Å²) in [5, 5.41) is 15.6. The van der Waals surface area contributed by atoms with Crippen LogP contribution in [0.1, 0.15) is 26.3 Å². The molecule has 0 spiro atoms. The minimum absolute atomic E-state index is 0.0000108. The summed E-state index contributed by atoms with van der Waals surface area (Å²) in [6.45, 7) is 0. The average molecular weight is 458 g/mol. The maximum atomic E-state index is 12.4. The minimum atomic E-state index is -0.751. The van der Waals surface area contributed by atoms with Gasteiger partial charge in [0.05, 0.1) is 21.7 Å². The van der Waals surface area contributed by atoms with Gasteiger partial charge in [0.25, 0.3) is 11.6 Å². The Morgan fingerprint density at radius 1 is 1.03 bits per heavy atom. The predicted molar refractivity (Wildman–Crippen MR) is 116 cm³/mol. The number of hydrogen-bond donors (Lipinski definition) is 1. The topological polar surface area (TPSA) is 111 Å².